The predicted molar refractivity (Wildman–Crippen MR) is 124 cm³/mol. The van der Waals surface area contributed by atoms with Crippen molar-refractivity contribution in [3.8, 4) is 0 Å². The maximum Gasteiger partial charge on any atom is 0.305 e. The number of hydrazine groups is 1. The molecule has 0 saturated carbocycles. The van der Waals surface area contributed by atoms with Gasteiger partial charge < -0.3 is 4.42 Å². The van der Waals surface area contributed by atoms with Crippen molar-refractivity contribution >= 4 is 23.2 Å². The zero-order chi connectivity index (χ0) is 22.7. The van der Waals surface area contributed by atoms with Crippen LogP contribution in [0, 0.1) is 12.3 Å². The summed E-state index contributed by atoms with van der Waals surface area (Å²) in [6, 6.07) is 18.4. The number of benzene rings is 2. The SMILES string of the molecule is Cc1c(C(=O)NNC(=O)c2ccccc2)oc2c1/C(=N\Nc1ccccc1)CC(C)(C)C2. The van der Waals surface area contributed by atoms with Crippen LogP contribution in [0.1, 0.15) is 58.1 Å². The van der Waals surface area contributed by atoms with Crippen molar-refractivity contribution in [3.63, 3.8) is 0 Å². The van der Waals surface area contributed by atoms with Crippen molar-refractivity contribution in [2.75, 3.05) is 5.43 Å². The van der Waals surface area contributed by atoms with Crippen molar-refractivity contribution < 1.29 is 14.0 Å². The highest BCUT2D eigenvalue weighted by Gasteiger charge is 2.36. The van der Waals surface area contributed by atoms with Gasteiger partial charge in [-0.1, -0.05) is 50.2 Å². The number of fused-ring (bicyclic) bond motifs is 1. The van der Waals surface area contributed by atoms with Gasteiger partial charge in [-0.05, 0) is 43.0 Å². The summed E-state index contributed by atoms with van der Waals surface area (Å²) in [5.74, 6) is -0.00176. The number of amides is 2. The Labute approximate surface area is 186 Å². The highest BCUT2D eigenvalue weighted by molar-refractivity contribution is 6.07. The van der Waals surface area contributed by atoms with Gasteiger partial charge in [0.05, 0.1) is 11.4 Å². The molecule has 2 amide bonds. The Kier molecular flexibility index (Phi) is 5.81. The second kappa shape index (κ2) is 8.70. The van der Waals surface area contributed by atoms with Gasteiger partial charge in [0.1, 0.15) is 5.76 Å². The molecule has 1 aromatic heterocycles. The molecule has 32 heavy (non-hydrogen) atoms. The van der Waals surface area contributed by atoms with E-state index in [9.17, 15) is 9.59 Å². The topological polar surface area (TPSA) is 95.7 Å². The average molecular weight is 431 g/mol. The highest BCUT2D eigenvalue weighted by atomic mass is 16.4. The van der Waals surface area contributed by atoms with Crippen molar-refractivity contribution in [3.05, 3.63) is 88.9 Å². The van der Waals surface area contributed by atoms with Crippen molar-refractivity contribution in [2.24, 2.45) is 10.5 Å². The second-order valence-electron chi connectivity index (χ2n) is 8.68. The second-order valence-corrected chi connectivity index (χ2v) is 8.68. The Morgan fingerprint density at radius 3 is 2.22 bits per heavy atom. The Bertz CT molecular complexity index is 1160. The molecule has 0 bridgehead atoms. The molecule has 0 spiro atoms. The minimum atomic E-state index is -0.505. The Morgan fingerprint density at radius 2 is 1.53 bits per heavy atom. The van der Waals surface area contributed by atoms with Gasteiger partial charge in [-0.15, -0.1) is 0 Å². The molecular weight excluding hydrogens is 404 g/mol. The lowest BCUT2D eigenvalue weighted by Gasteiger charge is -2.29. The number of nitrogens with zero attached hydrogens (tertiary/aromatic N) is 1. The average Bonchev–Trinajstić information content (AvgIpc) is 3.12. The minimum absolute atomic E-state index is 0.0657. The summed E-state index contributed by atoms with van der Waals surface area (Å²) in [4.78, 5) is 25.0. The fourth-order valence-corrected chi connectivity index (χ4v) is 3.90. The van der Waals surface area contributed by atoms with E-state index in [-0.39, 0.29) is 11.2 Å². The lowest BCUT2D eigenvalue weighted by molar-refractivity contribution is 0.0828. The van der Waals surface area contributed by atoms with Gasteiger partial charge in [-0.2, -0.15) is 5.10 Å². The largest absolute Gasteiger partial charge is 0.455 e. The van der Waals surface area contributed by atoms with E-state index in [1.165, 1.54) is 0 Å². The lowest BCUT2D eigenvalue weighted by Crippen LogP contribution is -2.41. The van der Waals surface area contributed by atoms with Gasteiger partial charge in [0.25, 0.3) is 5.91 Å². The van der Waals surface area contributed by atoms with Crippen molar-refractivity contribution in [1.82, 2.24) is 10.9 Å². The first-order chi connectivity index (χ1) is 15.3. The van der Waals surface area contributed by atoms with Crippen molar-refractivity contribution in [2.45, 2.75) is 33.6 Å². The lowest BCUT2D eigenvalue weighted by atomic mass is 9.75. The van der Waals surface area contributed by atoms with E-state index in [1.54, 1.807) is 24.3 Å². The molecule has 164 valence electrons. The summed E-state index contributed by atoms with van der Waals surface area (Å²) in [7, 11) is 0. The molecule has 0 unspecified atom stereocenters. The van der Waals surface area contributed by atoms with E-state index >= 15 is 0 Å². The third kappa shape index (κ3) is 4.56. The van der Waals surface area contributed by atoms with Crippen LogP contribution in [0.4, 0.5) is 5.69 Å². The molecule has 7 heteroatoms. The predicted octanol–water partition coefficient (Wildman–Crippen LogP) is 4.45. The molecule has 0 aliphatic heterocycles. The summed E-state index contributed by atoms with van der Waals surface area (Å²) in [6.45, 7) is 6.13. The summed E-state index contributed by atoms with van der Waals surface area (Å²) in [5, 5.41) is 4.64. The Balaban J connectivity index is 1.56. The summed E-state index contributed by atoms with van der Waals surface area (Å²) in [5.41, 5.74) is 11.7. The number of hydrazone groups is 1. The molecule has 0 fully saturated rings. The smallest absolute Gasteiger partial charge is 0.305 e. The molecule has 0 radical (unpaired) electrons. The molecule has 0 atom stereocenters. The quantitative estimate of drug-likeness (QED) is 0.533. The van der Waals surface area contributed by atoms with Crippen LogP contribution in [-0.2, 0) is 6.42 Å². The van der Waals surface area contributed by atoms with Crippen LogP contribution in [0.3, 0.4) is 0 Å². The minimum Gasteiger partial charge on any atom is -0.455 e. The van der Waals surface area contributed by atoms with E-state index in [4.69, 9.17) is 4.42 Å². The Morgan fingerprint density at radius 1 is 0.906 bits per heavy atom. The fraction of sp³-hybridized carbons (Fsp3) is 0.240. The fourth-order valence-electron chi connectivity index (χ4n) is 3.90. The van der Waals surface area contributed by atoms with Crippen LogP contribution in [0.5, 0.6) is 0 Å². The van der Waals surface area contributed by atoms with Crippen LogP contribution in [-0.4, -0.2) is 17.5 Å². The number of furan rings is 1. The molecule has 1 aliphatic rings. The van der Waals surface area contributed by atoms with Crippen LogP contribution in [0.25, 0.3) is 0 Å². The van der Waals surface area contributed by atoms with Crippen LogP contribution in [0.15, 0.2) is 70.2 Å². The van der Waals surface area contributed by atoms with Gasteiger partial charge in [0.15, 0.2) is 5.76 Å². The third-order valence-corrected chi connectivity index (χ3v) is 5.42. The maximum atomic E-state index is 12.8. The number of hydrogen-bond donors (Lipinski definition) is 3. The highest BCUT2D eigenvalue weighted by Crippen LogP contribution is 2.39. The first-order valence-electron chi connectivity index (χ1n) is 10.5. The Hall–Kier alpha value is -3.87. The number of hydrogen-bond acceptors (Lipinski definition) is 5. The summed E-state index contributed by atoms with van der Waals surface area (Å²) >= 11 is 0. The molecule has 0 saturated heterocycles. The standard InChI is InChI=1S/C25H26N4O3/c1-16-21-19(27-26-18-12-8-5-9-13-18)14-25(2,3)15-20(21)32-22(16)24(31)29-28-23(30)17-10-6-4-7-11-17/h4-13,26H,14-15H2,1-3H3,(H,28,30)(H,29,31)/b27-19-. The van der Waals surface area contributed by atoms with Gasteiger partial charge in [0.2, 0.25) is 0 Å². The third-order valence-electron chi connectivity index (χ3n) is 5.42. The molecule has 1 heterocycles. The van der Waals surface area contributed by atoms with E-state index in [2.05, 4.69) is 35.2 Å². The zero-order valence-corrected chi connectivity index (χ0v) is 18.4. The molecule has 1 aliphatic carbocycles. The van der Waals surface area contributed by atoms with Gasteiger partial charge >= 0.3 is 5.91 Å². The van der Waals surface area contributed by atoms with E-state index in [0.29, 0.717) is 17.5 Å². The zero-order valence-electron chi connectivity index (χ0n) is 18.4. The van der Waals surface area contributed by atoms with E-state index < -0.39 is 11.8 Å². The molecule has 4 rings (SSSR count). The van der Waals surface area contributed by atoms with Crippen LogP contribution < -0.4 is 16.3 Å². The number of nitrogens with one attached hydrogen (secondary N) is 3. The summed E-state index contributed by atoms with van der Waals surface area (Å²) in [6.07, 6.45) is 1.43. The monoisotopic (exact) mass is 430 g/mol. The summed E-state index contributed by atoms with van der Waals surface area (Å²) < 4.78 is 5.98. The number of para-hydroxylation sites is 1. The van der Waals surface area contributed by atoms with Gasteiger partial charge in [0, 0.05) is 23.1 Å². The number of rotatable bonds is 4. The van der Waals surface area contributed by atoms with E-state index in [0.717, 1.165) is 29.1 Å². The molecule has 2 aromatic carbocycles. The first-order valence-corrected chi connectivity index (χ1v) is 10.5. The van der Waals surface area contributed by atoms with Gasteiger partial charge in [-0.3, -0.25) is 25.9 Å². The van der Waals surface area contributed by atoms with E-state index in [1.807, 2.05) is 43.3 Å². The number of carbonyl (C=O) groups excluding carboxylic acids is 2. The van der Waals surface area contributed by atoms with Gasteiger partial charge in [-0.25, -0.2) is 0 Å². The molecule has 3 N–H and O–H groups in total. The molecule has 7 nitrogen and oxygen atoms in total. The van der Waals surface area contributed by atoms with Crippen molar-refractivity contribution in [1.29, 1.82) is 0 Å². The maximum absolute atomic E-state index is 12.8. The van der Waals surface area contributed by atoms with Crippen LogP contribution >= 0.6 is 0 Å². The molecule has 3 aromatic rings. The van der Waals surface area contributed by atoms with Crippen LogP contribution in [0.2, 0.25) is 0 Å². The molecular formula is C25H26N4O3. The normalized spacial score (nSPS) is 15.7. The number of carbonyl (C=O) groups is 2. The first kappa shape index (κ1) is 21.4. The number of anilines is 1.